The topological polar surface area (TPSA) is 32.3 Å². The molecule has 0 aromatic carbocycles. The van der Waals surface area contributed by atoms with Crippen molar-refractivity contribution in [1.29, 1.82) is 0 Å². The summed E-state index contributed by atoms with van der Waals surface area (Å²) in [6, 6.07) is 0.488. The molecule has 2 heterocycles. The first kappa shape index (κ1) is 13.9. The lowest BCUT2D eigenvalue weighted by Crippen LogP contribution is -2.50. The highest BCUT2D eigenvalue weighted by Crippen LogP contribution is 2.29. The quantitative estimate of drug-likeness (QED) is 0.815. The lowest BCUT2D eigenvalue weighted by molar-refractivity contribution is -0.140. The van der Waals surface area contributed by atoms with Gasteiger partial charge in [-0.1, -0.05) is 26.7 Å². The van der Waals surface area contributed by atoms with Crippen molar-refractivity contribution in [3.63, 3.8) is 0 Å². The number of likely N-dealkylation sites (tertiary alicyclic amines) is 1. The highest BCUT2D eigenvalue weighted by Gasteiger charge is 2.38. The molecular formula is C15H28N2O. The Kier molecular flexibility index (Phi) is 5.04. The Morgan fingerprint density at radius 3 is 2.67 bits per heavy atom. The van der Waals surface area contributed by atoms with Gasteiger partial charge in [-0.05, 0) is 31.6 Å². The molecule has 0 aromatic heterocycles. The number of amides is 1. The predicted molar refractivity (Wildman–Crippen MR) is 74.4 cm³/mol. The summed E-state index contributed by atoms with van der Waals surface area (Å²) in [7, 11) is 0. The van der Waals surface area contributed by atoms with Gasteiger partial charge in [-0.3, -0.25) is 4.79 Å². The molecule has 2 saturated heterocycles. The maximum atomic E-state index is 12.7. The van der Waals surface area contributed by atoms with Crippen molar-refractivity contribution in [2.45, 2.75) is 58.4 Å². The first-order chi connectivity index (χ1) is 8.77. The van der Waals surface area contributed by atoms with Crippen molar-refractivity contribution in [3.8, 4) is 0 Å². The standard InChI is InChI=1S/C15H28N2O/c1-3-6-12(7-4-2)15(18)17-9-5-8-13-10-16-11-14(13)17/h12-14,16H,3-11H2,1-2H3. The Balaban J connectivity index is 2.01. The summed E-state index contributed by atoms with van der Waals surface area (Å²) in [5.74, 6) is 1.43. The zero-order chi connectivity index (χ0) is 13.0. The van der Waals surface area contributed by atoms with Crippen molar-refractivity contribution in [1.82, 2.24) is 10.2 Å². The summed E-state index contributed by atoms with van der Waals surface area (Å²) in [4.78, 5) is 14.9. The number of carbonyl (C=O) groups is 1. The zero-order valence-corrected chi connectivity index (χ0v) is 12.0. The van der Waals surface area contributed by atoms with E-state index in [1.54, 1.807) is 0 Å². The molecule has 2 aliphatic rings. The van der Waals surface area contributed by atoms with E-state index in [0.29, 0.717) is 17.9 Å². The molecule has 0 aromatic rings. The van der Waals surface area contributed by atoms with Crippen LogP contribution in [0.1, 0.15) is 52.4 Å². The second-order valence-corrected chi connectivity index (χ2v) is 5.93. The van der Waals surface area contributed by atoms with Gasteiger partial charge in [-0.15, -0.1) is 0 Å². The second kappa shape index (κ2) is 6.55. The van der Waals surface area contributed by atoms with Crippen LogP contribution in [0.25, 0.3) is 0 Å². The zero-order valence-electron chi connectivity index (χ0n) is 12.0. The van der Waals surface area contributed by atoms with Crippen molar-refractivity contribution < 1.29 is 4.79 Å². The largest absolute Gasteiger partial charge is 0.338 e. The third-order valence-electron chi connectivity index (χ3n) is 4.59. The summed E-state index contributed by atoms with van der Waals surface area (Å²) in [5.41, 5.74) is 0. The fourth-order valence-electron chi connectivity index (χ4n) is 3.66. The number of carbonyl (C=O) groups excluding carboxylic acids is 1. The molecule has 2 fully saturated rings. The van der Waals surface area contributed by atoms with Crippen LogP contribution in [0.3, 0.4) is 0 Å². The van der Waals surface area contributed by atoms with Gasteiger partial charge in [0.15, 0.2) is 0 Å². The Labute approximate surface area is 111 Å². The lowest BCUT2D eigenvalue weighted by atomic mass is 9.89. The van der Waals surface area contributed by atoms with Gasteiger partial charge in [0, 0.05) is 31.6 Å². The molecule has 3 nitrogen and oxygen atoms in total. The van der Waals surface area contributed by atoms with Crippen molar-refractivity contribution in [2.24, 2.45) is 11.8 Å². The number of rotatable bonds is 5. The molecule has 1 amide bonds. The van der Waals surface area contributed by atoms with Crippen LogP contribution >= 0.6 is 0 Å². The maximum Gasteiger partial charge on any atom is 0.225 e. The van der Waals surface area contributed by atoms with E-state index in [0.717, 1.165) is 45.3 Å². The van der Waals surface area contributed by atoms with Crippen molar-refractivity contribution in [3.05, 3.63) is 0 Å². The van der Waals surface area contributed by atoms with Crippen LogP contribution in [0.4, 0.5) is 0 Å². The number of fused-ring (bicyclic) bond motifs is 1. The predicted octanol–water partition coefficient (Wildman–Crippen LogP) is 2.41. The normalized spacial score (nSPS) is 27.6. The van der Waals surface area contributed by atoms with Crippen LogP contribution in [0.15, 0.2) is 0 Å². The van der Waals surface area contributed by atoms with Gasteiger partial charge in [0.25, 0.3) is 0 Å². The molecule has 0 saturated carbocycles. The summed E-state index contributed by atoms with van der Waals surface area (Å²) in [6.07, 6.45) is 6.86. The van der Waals surface area contributed by atoms with Gasteiger partial charge < -0.3 is 10.2 Å². The number of hydrogen-bond donors (Lipinski definition) is 1. The number of nitrogens with zero attached hydrogens (tertiary/aromatic N) is 1. The first-order valence-corrected chi connectivity index (χ1v) is 7.79. The molecule has 2 unspecified atom stereocenters. The van der Waals surface area contributed by atoms with Crippen molar-refractivity contribution in [2.75, 3.05) is 19.6 Å². The summed E-state index contributed by atoms with van der Waals surface area (Å²) < 4.78 is 0. The first-order valence-electron chi connectivity index (χ1n) is 7.79. The van der Waals surface area contributed by atoms with E-state index in [1.165, 1.54) is 12.8 Å². The summed E-state index contributed by atoms with van der Waals surface area (Å²) in [6.45, 7) is 7.49. The number of hydrogen-bond acceptors (Lipinski definition) is 2. The molecule has 3 heteroatoms. The molecule has 0 bridgehead atoms. The van der Waals surface area contributed by atoms with Crippen LogP contribution in [0.5, 0.6) is 0 Å². The van der Waals surface area contributed by atoms with E-state index in [1.807, 2.05) is 0 Å². The minimum Gasteiger partial charge on any atom is -0.338 e. The highest BCUT2D eigenvalue weighted by molar-refractivity contribution is 5.79. The van der Waals surface area contributed by atoms with Crippen LogP contribution in [-0.2, 0) is 4.79 Å². The SMILES string of the molecule is CCCC(CCC)C(=O)N1CCCC2CNCC21. The molecule has 0 spiro atoms. The van der Waals surface area contributed by atoms with E-state index in [4.69, 9.17) is 0 Å². The fraction of sp³-hybridized carbons (Fsp3) is 0.933. The average Bonchev–Trinajstić information content (AvgIpc) is 2.85. The van der Waals surface area contributed by atoms with E-state index >= 15 is 0 Å². The van der Waals surface area contributed by atoms with Crippen LogP contribution in [0, 0.1) is 11.8 Å². The Hall–Kier alpha value is -0.570. The van der Waals surface area contributed by atoms with Crippen LogP contribution < -0.4 is 5.32 Å². The fourth-order valence-corrected chi connectivity index (χ4v) is 3.66. The summed E-state index contributed by atoms with van der Waals surface area (Å²) in [5, 5.41) is 3.46. The molecule has 0 radical (unpaired) electrons. The third kappa shape index (κ3) is 2.87. The van der Waals surface area contributed by atoms with Crippen LogP contribution in [0.2, 0.25) is 0 Å². The van der Waals surface area contributed by atoms with Gasteiger partial charge >= 0.3 is 0 Å². The van der Waals surface area contributed by atoms with Gasteiger partial charge in [0.2, 0.25) is 5.91 Å². The van der Waals surface area contributed by atoms with E-state index < -0.39 is 0 Å². The molecule has 2 atom stereocenters. The van der Waals surface area contributed by atoms with E-state index in [2.05, 4.69) is 24.1 Å². The Morgan fingerprint density at radius 1 is 1.28 bits per heavy atom. The lowest BCUT2D eigenvalue weighted by Gasteiger charge is -2.39. The summed E-state index contributed by atoms with van der Waals surface area (Å²) >= 11 is 0. The molecule has 2 aliphatic heterocycles. The Morgan fingerprint density at radius 2 is 2.00 bits per heavy atom. The van der Waals surface area contributed by atoms with Gasteiger partial charge in [0.05, 0.1) is 0 Å². The van der Waals surface area contributed by atoms with Crippen LogP contribution in [-0.4, -0.2) is 36.5 Å². The minimum absolute atomic E-state index is 0.277. The second-order valence-electron chi connectivity index (χ2n) is 5.93. The smallest absolute Gasteiger partial charge is 0.225 e. The number of piperidine rings is 1. The molecule has 2 rings (SSSR count). The average molecular weight is 252 g/mol. The van der Waals surface area contributed by atoms with E-state index in [-0.39, 0.29) is 5.92 Å². The maximum absolute atomic E-state index is 12.7. The minimum atomic E-state index is 0.277. The number of nitrogens with one attached hydrogen (secondary N) is 1. The molecule has 104 valence electrons. The van der Waals surface area contributed by atoms with Gasteiger partial charge in [0.1, 0.15) is 0 Å². The van der Waals surface area contributed by atoms with Gasteiger partial charge in [-0.25, -0.2) is 0 Å². The van der Waals surface area contributed by atoms with Crippen molar-refractivity contribution >= 4 is 5.91 Å². The molecular weight excluding hydrogens is 224 g/mol. The third-order valence-corrected chi connectivity index (χ3v) is 4.59. The van der Waals surface area contributed by atoms with E-state index in [9.17, 15) is 4.79 Å². The highest BCUT2D eigenvalue weighted by atomic mass is 16.2. The molecule has 18 heavy (non-hydrogen) atoms. The Bertz CT molecular complexity index is 274. The monoisotopic (exact) mass is 252 g/mol. The molecule has 0 aliphatic carbocycles. The molecule has 1 N–H and O–H groups in total. The van der Waals surface area contributed by atoms with Gasteiger partial charge in [-0.2, -0.15) is 0 Å².